The van der Waals surface area contributed by atoms with Gasteiger partial charge in [-0.1, -0.05) is 17.3 Å². The van der Waals surface area contributed by atoms with Gasteiger partial charge in [-0.2, -0.15) is 4.98 Å². The van der Waals surface area contributed by atoms with Crippen molar-refractivity contribution in [2.24, 2.45) is 0 Å². The van der Waals surface area contributed by atoms with Crippen LogP contribution in [0.15, 0.2) is 28.8 Å². The first kappa shape index (κ1) is 13.8. The smallest absolute Gasteiger partial charge is 0.231 e. The summed E-state index contributed by atoms with van der Waals surface area (Å²) in [7, 11) is 1.64. The fourth-order valence-corrected chi connectivity index (χ4v) is 2.21. The monoisotopic (exact) mass is 281 g/mol. The minimum absolute atomic E-state index is 0. The average molecular weight is 282 g/mol. The Labute approximate surface area is 117 Å². The summed E-state index contributed by atoms with van der Waals surface area (Å²) in [4.78, 5) is 4.47. The molecule has 3 rings (SSSR count). The first-order valence-corrected chi connectivity index (χ1v) is 6.06. The number of nitrogens with one attached hydrogen (secondary N) is 1. The SMILES string of the molecule is COc1ccccc1-c1noc(C2CCNC2)n1.Cl. The largest absolute Gasteiger partial charge is 0.496 e. The molecule has 102 valence electrons. The quantitative estimate of drug-likeness (QED) is 0.935. The van der Waals surface area contributed by atoms with Crippen molar-refractivity contribution in [3.05, 3.63) is 30.2 Å². The van der Waals surface area contributed by atoms with Crippen molar-refractivity contribution in [3.63, 3.8) is 0 Å². The van der Waals surface area contributed by atoms with Crippen LogP contribution >= 0.6 is 12.4 Å². The third-order valence-corrected chi connectivity index (χ3v) is 3.20. The molecule has 2 heterocycles. The molecule has 1 N–H and O–H groups in total. The van der Waals surface area contributed by atoms with Crippen molar-refractivity contribution in [2.45, 2.75) is 12.3 Å². The summed E-state index contributed by atoms with van der Waals surface area (Å²) in [5.41, 5.74) is 0.862. The summed E-state index contributed by atoms with van der Waals surface area (Å²) in [6.07, 6.45) is 1.05. The predicted octanol–water partition coefficient (Wildman–Crippen LogP) is 2.24. The van der Waals surface area contributed by atoms with Crippen LogP contribution in [0.4, 0.5) is 0 Å². The number of methoxy groups -OCH3 is 1. The molecule has 1 fully saturated rings. The number of benzene rings is 1. The van der Waals surface area contributed by atoms with E-state index >= 15 is 0 Å². The van der Waals surface area contributed by atoms with Crippen molar-refractivity contribution in [3.8, 4) is 17.1 Å². The molecule has 5 nitrogen and oxygen atoms in total. The lowest BCUT2D eigenvalue weighted by atomic mass is 10.1. The second kappa shape index (κ2) is 6.04. The van der Waals surface area contributed by atoms with Crippen LogP contribution in [0.5, 0.6) is 5.75 Å². The molecule has 6 heteroatoms. The van der Waals surface area contributed by atoms with Gasteiger partial charge in [0, 0.05) is 6.54 Å². The highest BCUT2D eigenvalue weighted by atomic mass is 35.5. The Kier molecular flexibility index (Phi) is 4.39. The third kappa shape index (κ3) is 2.72. The van der Waals surface area contributed by atoms with E-state index < -0.39 is 0 Å². The second-order valence-corrected chi connectivity index (χ2v) is 4.35. The molecule has 1 atom stereocenters. The number of para-hydroxylation sites is 1. The van der Waals surface area contributed by atoms with Gasteiger partial charge in [0.2, 0.25) is 11.7 Å². The summed E-state index contributed by atoms with van der Waals surface area (Å²) >= 11 is 0. The van der Waals surface area contributed by atoms with Crippen molar-refractivity contribution in [1.29, 1.82) is 0 Å². The molecule has 1 aliphatic rings. The van der Waals surface area contributed by atoms with Crippen LogP contribution in [-0.2, 0) is 0 Å². The van der Waals surface area contributed by atoms with E-state index in [4.69, 9.17) is 9.26 Å². The molecule has 1 saturated heterocycles. The van der Waals surface area contributed by atoms with Gasteiger partial charge in [0.25, 0.3) is 0 Å². The minimum Gasteiger partial charge on any atom is -0.496 e. The first-order chi connectivity index (χ1) is 8.88. The Morgan fingerprint density at radius 3 is 2.95 bits per heavy atom. The van der Waals surface area contributed by atoms with E-state index in [2.05, 4.69) is 15.5 Å². The third-order valence-electron chi connectivity index (χ3n) is 3.20. The Balaban J connectivity index is 0.00000133. The molecule has 0 radical (unpaired) electrons. The van der Waals surface area contributed by atoms with Gasteiger partial charge in [-0.05, 0) is 25.1 Å². The van der Waals surface area contributed by atoms with Crippen molar-refractivity contribution >= 4 is 12.4 Å². The van der Waals surface area contributed by atoms with E-state index in [-0.39, 0.29) is 12.4 Å². The normalized spacial score (nSPS) is 18.1. The summed E-state index contributed by atoms with van der Waals surface area (Å²) in [6.45, 7) is 1.92. The van der Waals surface area contributed by atoms with Crippen LogP contribution in [0.3, 0.4) is 0 Å². The van der Waals surface area contributed by atoms with E-state index in [0.29, 0.717) is 17.6 Å². The molecule has 1 aromatic carbocycles. The summed E-state index contributed by atoms with van der Waals surface area (Å²) in [5, 5.41) is 7.34. The van der Waals surface area contributed by atoms with Gasteiger partial charge in [-0.3, -0.25) is 0 Å². The lowest BCUT2D eigenvalue weighted by Crippen LogP contribution is -2.08. The van der Waals surface area contributed by atoms with E-state index in [1.165, 1.54) is 0 Å². The Bertz CT molecular complexity index is 538. The lowest BCUT2D eigenvalue weighted by molar-refractivity contribution is 0.359. The van der Waals surface area contributed by atoms with Gasteiger partial charge in [-0.15, -0.1) is 12.4 Å². The molecule has 1 aromatic heterocycles. The van der Waals surface area contributed by atoms with Crippen molar-refractivity contribution < 1.29 is 9.26 Å². The molecular weight excluding hydrogens is 266 g/mol. The average Bonchev–Trinajstić information content (AvgIpc) is 3.09. The van der Waals surface area contributed by atoms with Crippen LogP contribution in [0.25, 0.3) is 11.4 Å². The number of rotatable bonds is 3. The van der Waals surface area contributed by atoms with Crippen molar-refractivity contribution in [1.82, 2.24) is 15.5 Å². The van der Waals surface area contributed by atoms with Crippen LogP contribution in [0, 0.1) is 0 Å². The van der Waals surface area contributed by atoms with Gasteiger partial charge < -0.3 is 14.6 Å². The highest BCUT2D eigenvalue weighted by Gasteiger charge is 2.23. The number of hydrogen-bond acceptors (Lipinski definition) is 5. The molecule has 1 unspecified atom stereocenters. The Morgan fingerprint density at radius 1 is 1.37 bits per heavy atom. The van der Waals surface area contributed by atoms with E-state index in [1.807, 2.05) is 24.3 Å². The number of nitrogens with zero attached hydrogens (tertiary/aromatic N) is 2. The topological polar surface area (TPSA) is 60.2 Å². The Hall–Kier alpha value is -1.59. The van der Waals surface area contributed by atoms with Crippen molar-refractivity contribution in [2.75, 3.05) is 20.2 Å². The standard InChI is InChI=1S/C13H15N3O2.ClH/c1-17-11-5-3-2-4-10(11)12-15-13(18-16-12)9-6-7-14-8-9;/h2-5,9,14H,6-8H2,1H3;1H. The van der Waals surface area contributed by atoms with E-state index in [0.717, 1.165) is 30.8 Å². The second-order valence-electron chi connectivity index (χ2n) is 4.35. The molecule has 0 bridgehead atoms. The molecule has 2 aromatic rings. The Morgan fingerprint density at radius 2 is 2.21 bits per heavy atom. The zero-order chi connectivity index (χ0) is 12.4. The predicted molar refractivity (Wildman–Crippen MR) is 73.8 cm³/mol. The molecule has 1 aliphatic heterocycles. The van der Waals surface area contributed by atoms with E-state index in [1.54, 1.807) is 7.11 Å². The summed E-state index contributed by atoms with van der Waals surface area (Å²) in [5.74, 6) is 2.39. The summed E-state index contributed by atoms with van der Waals surface area (Å²) in [6, 6.07) is 7.68. The zero-order valence-corrected chi connectivity index (χ0v) is 11.4. The first-order valence-electron chi connectivity index (χ1n) is 6.06. The molecule has 19 heavy (non-hydrogen) atoms. The molecule has 0 spiro atoms. The number of hydrogen-bond donors (Lipinski definition) is 1. The molecular formula is C13H16ClN3O2. The molecule has 0 amide bonds. The minimum atomic E-state index is 0. The van der Waals surface area contributed by atoms with Gasteiger partial charge in [0.1, 0.15) is 5.75 Å². The van der Waals surface area contributed by atoms with Gasteiger partial charge in [0.05, 0.1) is 18.6 Å². The number of aromatic nitrogens is 2. The van der Waals surface area contributed by atoms with Gasteiger partial charge in [0.15, 0.2) is 0 Å². The van der Waals surface area contributed by atoms with Crippen LogP contribution < -0.4 is 10.1 Å². The number of ether oxygens (including phenoxy) is 1. The zero-order valence-electron chi connectivity index (χ0n) is 10.6. The van der Waals surface area contributed by atoms with Crippen LogP contribution in [0.1, 0.15) is 18.2 Å². The maximum Gasteiger partial charge on any atom is 0.231 e. The fourth-order valence-electron chi connectivity index (χ4n) is 2.21. The van der Waals surface area contributed by atoms with Gasteiger partial charge >= 0.3 is 0 Å². The maximum absolute atomic E-state index is 5.35. The maximum atomic E-state index is 5.35. The van der Waals surface area contributed by atoms with Crippen LogP contribution in [0.2, 0.25) is 0 Å². The van der Waals surface area contributed by atoms with E-state index in [9.17, 15) is 0 Å². The molecule has 0 saturated carbocycles. The number of halogens is 1. The fraction of sp³-hybridized carbons (Fsp3) is 0.385. The molecule has 0 aliphatic carbocycles. The highest BCUT2D eigenvalue weighted by Crippen LogP contribution is 2.29. The summed E-state index contributed by atoms with van der Waals surface area (Å²) < 4.78 is 10.6. The lowest BCUT2D eigenvalue weighted by Gasteiger charge is -2.03. The van der Waals surface area contributed by atoms with Crippen LogP contribution in [-0.4, -0.2) is 30.3 Å². The van der Waals surface area contributed by atoms with Gasteiger partial charge in [-0.25, -0.2) is 0 Å². The highest BCUT2D eigenvalue weighted by molar-refractivity contribution is 5.85.